The van der Waals surface area contributed by atoms with Crippen molar-refractivity contribution in [1.29, 1.82) is 0 Å². The van der Waals surface area contributed by atoms with E-state index in [1.54, 1.807) is 7.11 Å². The zero-order chi connectivity index (χ0) is 12.1. The highest BCUT2D eigenvalue weighted by Gasteiger charge is 2.07. The van der Waals surface area contributed by atoms with E-state index in [-0.39, 0.29) is 0 Å². The molecule has 0 aliphatic rings. The molecule has 6 nitrogen and oxygen atoms in total. The number of rotatable bonds is 5. The summed E-state index contributed by atoms with van der Waals surface area (Å²) in [5.74, 6) is 1.23. The third kappa shape index (κ3) is 2.73. The number of nitrogens with two attached hydrogens (primary N) is 1. The number of anilines is 2. The average Bonchev–Trinajstić information content (AvgIpc) is 2.78. The first-order valence-corrected chi connectivity index (χ1v) is 5.26. The minimum absolute atomic E-state index is 0.331. The Morgan fingerprint density at radius 2 is 2.18 bits per heavy atom. The van der Waals surface area contributed by atoms with E-state index in [1.807, 2.05) is 24.3 Å². The van der Waals surface area contributed by atoms with Crippen LogP contribution in [0.5, 0.6) is 5.75 Å². The fourth-order valence-electron chi connectivity index (χ4n) is 1.39. The van der Waals surface area contributed by atoms with Gasteiger partial charge in [0.05, 0.1) is 12.8 Å². The topological polar surface area (TPSA) is 86.2 Å². The normalized spacial score (nSPS) is 10.2. The number of hydrogen-bond donors (Lipinski definition) is 2. The lowest BCUT2D eigenvalue weighted by atomic mass is 10.3. The molecule has 1 aromatic carbocycles. The molecule has 1 heterocycles. The minimum atomic E-state index is 0.331. The van der Waals surface area contributed by atoms with Crippen LogP contribution in [0, 0.1) is 0 Å². The fraction of sp³-hybridized carbons (Fsp3) is 0.273. The van der Waals surface area contributed by atoms with Crippen molar-refractivity contribution >= 4 is 11.7 Å². The summed E-state index contributed by atoms with van der Waals surface area (Å²) in [6.07, 6.45) is 0.570. The monoisotopic (exact) mass is 234 g/mol. The lowest BCUT2D eigenvalue weighted by molar-refractivity contribution is 0.416. The first kappa shape index (κ1) is 11.4. The largest absolute Gasteiger partial charge is 0.495 e. The van der Waals surface area contributed by atoms with Crippen LogP contribution in [0.3, 0.4) is 0 Å². The molecule has 1 aromatic heterocycles. The van der Waals surface area contributed by atoms with E-state index < -0.39 is 0 Å². The van der Waals surface area contributed by atoms with E-state index in [4.69, 9.17) is 14.9 Å². The van der Waals surface area contributed by atoms with Gasteiger partial charge in [0.15, 0.2) is 0 Å². The van der Waals surface area contributed by atoms with Crippen molar-refractivity contribution in [3.63, 3.8) is 0 Å². The van der Waals surface area contributed by atoms with E-state index in [0.29, 0.717) is 30.6 Å². The fourth-order valence-corrected chi connectivity index (χ4v) is 1.39. The lowest BCUT2D eigenvalue weighted by Crippen LogP contribution is -2.02. The van der Waals surface area contributed by atoms with Crippen LogP contribution in [0.15, 0.2) is 28.7 Å². The van der Waals surface area contributed by atoms with Crippen molar-refractivity contribution in [3.8, 4) is 5.75 Å². The molecule has 6 heteroatoms. The Bertz CT molecular complexity index is 484. The number of aromatic nitrogens is 2. The highest BCUT2D eigenvalue weighted by atomic mass is 16.5. The molecule has 0 unspecified atom stereocenters. The van der Waals surface area contributed by atoms with Crippen LogP contribution < -0.4 is 15.8 Å². The Kier molecular flexibility index (Phi) is 3.56. The molecule has 0 bridgehead atoms. The number of ether oxygens (including phenoxy) is 1. The Morgan fingerprint density at radius 1 is 1.35 bits per heavy atom. The number of methoxy groups -OCH3 is 1. The van der Waals surface area contributed by atoms with Crippen molar-refractivity contribution in [3.05, 3.63) is 30.2 Å². The van der Waals surface area contributed by atoms with Gasteiger partial charge in [-0.2, -0.15) is 0 Å². The second-order valence-corrected chi connectivity index (χ2v) is 3.36. The van der Waals surface area contributed by atoms with Gasteiger partial charge in [-0.15, -0.1) is 5.10 Å². The molecule has 0 radical (unpaired) electrons. The maximum Gasteiger partial charge on any atom is 0.320 e. The van der Waals surface area contributed by atoms with Gasteiger partial charge in [0, 0.05) is 13.0 Å². The Balaban J connectivity index is 2.13. The zero-order valence-electron chi connectivity index (χ0n) is 9.51. The van der Waals surface area contributed by atoms with Gasteiger partial charge in [-0.1, -0.05) is 17.2 Å². The summed E-state index contributed by atoms with van der Waals surface area (Å²) in [7, 11) is 1.61. The summed E-state index contributed by atoms with van der Waals surface area (Å²) in [5.41, 5.74) is 6.18. The van der Waals surface area contributed by atoms with E-state index in [2.05, 4.69) is 15.5 Å². The molecule has 2 rings (SSSR count). The average molecular weight is 234 g/mol. The van der Waals surface area contributed by atoms with Crippen molar-refractivity contribution < 1.29 is 9.15 Å². The summed E-state index contributed by atoms with van der Waals surface area (Å²) in [4.78, 5) is 0. The van der Waals surface area contributed by atoms with Crippen LogP contribution in [-0.4, -0.2) is 23.9 Å². The van der Waals surface area contributed by atoms with Crippen LogP contribution >= 0.6 is 0 Å². The van der Waals surface area contributed by atoms with Gasteiger partial charge >= 0.3 is 6.01 Å². The SMILES string of the molecule is COc1ccccc1Nc1nnc(CCN)o1. The summed E-state index contributed by atoms with van der Waals surface area (Å²) in [5, 5.41) is 10.7. The highest BCUT2D eigenvalue weighted by Crippen LogP contribution is 2.26. The number of benzene rings is 1. The van der Waals surface area contributed by atoms with Gasteiger partial charge < -0.3 is 20.2 Å². The molecular weight excluding hydrogens is 220 g/mol. The van der Waals surface area contributed by atoms with Gasteiger partial charge in [0.25, 0.3) is 0 Å². The third-order valence-electron chi connectivity index (χ3n) is 2.17. The zero-order valence-corrected chi connectivity index (χ0v) is 9.51. The Hall–Kier alpha value is -2.08. The summed E-state index contributed by atoms with van der Waals surface area (Å²) < 4.78 is 10.6. The second kappa shape index (κ2) is 5.31. The van der Waals surface area contributed by atoms with Gasteiger partial charge in [0.1, 0.15) is 5.75 Å². The smallest absolute Gasteiger partial charge is 0.320 e. The number of para-hydroxylation sites is 2. The van der Waals surface area contributed by atoms with Crippen molar-refractivity contribution in [2.75, 3.05) is 19.0 Å². The molecule has 0 amide bonds. The van der Waals surface area contributed by atoms with Gasteiger partial charge in [-0.05, 0) is 12.1 Å². The van der Waals surface area contributed by atoms with Crippen LogP contribution in [0.1, 0.15) is 5.89 Å². The Labute approximate surface area is 98.8 Å². The van der Waals surface area contributed by atoms with Gasteiger partial charge in [-0.3, -0.25) is 0 Å². The number of hydrogen-bond acceptors (Lipinski definition) is 6. The van der Waals surface area contributed by atoms with Crippen LogP contribution in [0.4, 0.5) is 11.7 Å². The number of nitrogens with one attached hydrogen (secondary N) is 1. The third-order valence-corrected chi connectivity index (χ3v) is 2.17. The first-order chi connectivity index (χ1) is 8.33. The van der Waals surface area contributed by atoms with Crippen molar-refractivity contribution in [1.82, 2.24) is 10.2 Å². The molecule has 0 saturated heterocycles. The summed E-state index contributed by atoms with van der Waals surface area (Å²) >= 11 is 0. The molecule has 0 spiro atoms. The highest BCUT2D eigenvalue weighted by molar-refractivity contribution is 5.61. The molecule has 0 fully saturated rings. The van der Waals surface area contributed by atoms with Crippen molar-refractivity contribution in [2.24, 2.45) is 5.73 Å². The summed E-state index contributed by atoms with van der Waals surface area (Å²) in [6, 6.07) is 7.82. The van der Waals surface area contributed by atoms with E-state index in [9.17, 15) is 0 Å². The predicted octanol–water partition coefficient (Wildman–Crippen LogP) is 1.32. The van der Waals surface area contributed by atoms with E-state index in [1.165, 1.54) is 0 Å². The molecule has 0 atom stereocenters. The molecule has 17 heavy (non-hydrogen) atoms. The Morgan fingerprint density at radius 3 is 2.94 bits per heavy atom. The quantitative estimate of drug-likeness (QED) is 0.811. The molecule has 90 valence electrons. The molecule has 2 aromatic rings. The molecular formula is C11H14N4O2. The van der Waals surface area contributed by atoms with Gasteiger partial charge in [0.2, 0.25) is 5.89 Å². The predicted molar refractivity (Wildman–Crippen MR) is 63.3 cm³/mol. The molecule has 3 N–H and O–H groups in total. The van der Waals surface area contributed by atoms with Crippen LogP contribution in [0.25, 0.3) is 0 Å². The summed E-state index contributed by atoms with van der Waals surface area (Å²) in [6.45, 7) is 0.482. The number of nitrogens with zero attached hydrogens (tertiary/aromatic N) is 2. The maximum atomic E-state index is 5.40. The lowest BCUT2D eigenvalue weighted by Gasteiger charge is -2.06. The standard InChI is InChI=1S/C11H14N4O2/c1-16-9-5-3-2-4-8(9)13-11-15-14-10(17-11)6-7-12/h2-5H,6-7,12H2,1H3,(H,13,15). The molecule has 0 saturated carbocycles. The van der Waals surface area contributed by atoms with E-state index >= 15 is 0 Å². The second-order valence-electron chi connectivity index (χ2n) is 3.36. The van der Waals surface area contributed by atoms with E-state index in [0.717, 1.165) is 5.69 Å². The first-order valence-electron chi connectivity index (χ1n) is 5.26. The van der Waals surface area contributed by atoms with Crippen molar-refractivity contribution in [2.45, 2.75) is 6.42 Å². The molecule has 0 aliphatic heterocycles. The maximum absolute atomic E-state index is 5.40. The van der Waals surface area contributed by atoms with Crippen LogP contribution in [-0.2, 0) is 6.42 Å². The van der Waals surface area contributed by atoms with Crippen LogP contribution in [0.2, 0.25) is 0 Å². The minimum Gasteiger partial charge on any atom is -0.495 e. The molecule has 0 aliphatic carbocycles. The van der Waals surface area contributed by atoms with Gasteiger partial charge in [-0.25, -0.2) is 0 Å².